The minimum Gasteiger partial charge on any atom is -0.488 e. The Hall–Kier alpha value is -4.95. The van der Waals surface area contributed by atoms with Gasteiger partial charge in [-0.15, -0.1) is 0 Å². The minimum atomic E-state index is -1.73. The second-order valence-electron chi connectivity index (χ2n) is 15.9. The summed E-state index contributed by atoms with van der Waals surface area (Å²) in [5.41, 5.74) is -4.93. The van der Waals surface area contributed by atoms with Gasteiger partial charge in [0, 0.05) is 0 Å². The van der Waals surface area contributed by atoms with Crippen molar-refractivity contribution in [3.63, 3.8) is 0 Å². The minimum absolute atomic E-state index is 0.0467. The van der Waals surface area contributed by atoms with Crippen molar-refractivity contribution in [2.24, 2.45) is 0 Å². The maximum absolute atomic E-state index is 14.1. The molecule has 2 unspecified atom stereocenters. The number of carbonyl (C=O) groups is 6. The first-order valence-corrected chi connectivity index (χ1v) is 17.0. The van der Waals surface area contributed by atoms with Crippen molar-refractivity contribution in [3.8, 4) is 0 Å². The fourth-order valence-electron chi connectivity index (χ4n) is 5.15. The smallest absolute Gasteiger partial charge is 0.341 e. The molecule has 0 saturated heterocycles. The van der Waals surface area contributed by atoms with Crippen LogP contribution in [0.15, 0.2) is 40.9 Å². The quantitative estimate of drug-likeness (QED) is 0.244. The third kappa shape index (κ3) is 9.68. The number of hydrogen-bond acceptors (Lipinski definition) is 13. The molecule has 2 aliphatic heterocycles. The van der Waals surface area contributed by atoms with E-state index in [-0.39, 0.29) is 24.8 Å². The van der Waals surface area contributed by atoms with Crippen molar-refractivity contribution in [2.75, 3.05) is 23.0 Å². The van der Waals surface area contributed by atoms with Gasteiger partial charge in [-0.2, -0.15) is 0 Å². The zero-order valence-electron chi connectivity index (χ0n) is 32.5. The number of amides is 2. The van der Waals surface area contributed by atoms with Gasteiger partial charge in [-0.3, -0.25) is 19.4 Å². The molecular formula is C37H51N3O12. The summed E-state index contributed by atoms with van der Waals surface area (Å²) in [5, 5.41) is 0. The topological polar surface area (TPSA) is 177 Å². The number of ether oxygens (including phenoxy) is 6. The average Bonchev–Trinajstić information content (AvgIpc) is 3.41. The highest BCUT2D eigenvalue weighted by Crippen LogP contribution is 2.38. The van der Waals surface area contributed by atoms with Gasteiger partial charge in [-0.05, 0) is 109 Å². The summed E-state index contributed by atoms with van der Waals surface area (Å²) in [6, 6.07) is 0.672. The number of rotatable bonds is 10. The van der Waals surface area contributed by atoms with E-state index in [9.17, 15) is 28.8 Å². The molecule has 2 atom stereocenters. The summed E-state index contributed by atoms with van der Waals surface area (Å²) >= 11 is 0. The molecule has 286 valence electrons. The summed E-state index contributed by atoms with van der Waals surface area (Å²) in [4.78, 5) is 89.7. The summed E-state index contributed by atoms with van der Waals surface area (Å²) in [6.45, 7) is 22.5. The van der Waals surface area contributed by atoms with Gasteiger partial charge in [-0.1, -0.05) is 6.07 Å². The van der Waals surface area contributed by atoms with Crippen LogP contribution < -0.4 is 9.80 Å². The second-order valence-corrected chi connectivity index (χ2v) is 15.9. The van der Waals surface area contributed by atoms with Crippen LogP contribution >= 0.6 is 0 Å². The monoisotopic (exact) mass is 729 g/mol. The van der Waals surface area contributed by atoms with Gasteiger partial charge in [0.15, 0.2) is 23.6 Å². The van der Waals surface area contributed by atoms with E-state index in [1.165, 1.54) is 18.2 Å². The first-order valence-electron chi connectivity index (χ1n) is 17.0. The molecule has 0 radical (unpaired) electrons. The number of aromatic nitrogens is 1. The Labute approximate surface area is 304 Å². The van der Waals surface area contributed by atoms with E-state index in [4.69, 9.17) is 28.4 Å². The lowest BCUT2D eigenvalue weighted by atomic mass is 10.1. The molecule has 2 amide bonds. The van der Waals surface area contributed by atoms with Crippen LogP contribution in [0.5, 0.6) is 0 Å². The van der Waals surface area contributed by atoms with Crippen LogP contribution in [0.2, 0.25) is 0 Å². The maximum atomic E-state index is 14.1. The molecule has 1 aromatic rings. The Morgan fingerprint density at radius 1 is 0.577 bits per heavy atom. The van der Waals surface area contributed by atoms with Gasteiger partial charge in [0.05, 0.1) is 13.2 Å². The van der Waals surface area contributed by atoms with Gasteiger partial charge in [0.25, 0.3) is 11.8 Å². The molecule has 0 saturated carbocycles. The van der Waals surface area contributed by atoms with E-state index in [1.807, 2.05) is 0 Å². The normalized spacial score (nSPS) is 18.5. The summed E-state index contributed by atoms with van der Waals surface area (Å²) in [7, 11) is 0. The Kier molecular flexibility index (Phi) is 11.9. The van der Waals surface area contributed by atoms with Crippen LogP contribution in [0, 0.1) is 0 Å². The number of pyridine rings is 1. The maximum Gasteiger partial charge on any atom is 0.341 e. The molecule has 0 aromatic carbocycles. The molecule has 3 heterocycles. The van der Waals surface area contributed by atoms with Crippen molar-refractivity contribution in [1.29, 1.82) is 0 Å². The SMILES string of the molecule is CCOC1=C(C(=O)OC(C)(C)C)C(C(=O)OC(C)(C)C)N(c2cccc(N3C(=O)C(OCC)=C(C(=O)OC(C)(C)C)C3C(=O)OC(C)(C)C)n2)C1=O. The van der Waals surface area contributed by atoms with Crippen LogP contribution in [-0.4, -0.2) is 88.4 Å². The largest absolute Gasteiger partial charge is 0.488 e. The first kappa shape index (κ1) is 41.5. The van der Waals surface area contributed by atoms with E-state index in [0.717, 1.165) is 9.80 Å². The third-order valence-electron chi connectivity index (χ3n) is 6.67. The fraction of sp³-hybridized carbons (Fsp3) is 0.595. The summed E-state index contributed by atoms with van der Waals surface area (Å²) in [6.07, 6.45) is 0. The Morgan fingerprint density at radius 2 is 0.885 bits per heavy atom. The Balaban J connectivity index is 2.29. The molecule has 52 heavy (non-hydrogen) atoms. The predicted octanol–water partition coefficient (Wildman–Crippen LogP) is 4.46. The average molecular weight is 730 g/mol. The number of nitrogens with zero attached hydrogens (tertiary/aromatic N) is 3. The molecule has 2 aliphatic rings. The van der Waals surface area contributed by atoms with Gasteiger partial charge in [0.2, 0.25) is 0 Å². The second kappa shape index (κ2) is 15.0. The highest BCUT2D eigenvalue weighted by atomic mass is 16.6. The number of carbonyl (C=O) groups excluding carboxylic acids is 6. The van der Waals surface area contributed by atoms with E-state index in [1.54, 1.807) is 96.9 Å². The number of anilines is 2. The van der Waals surface area contributed by atoms with Crippen LogP contribution in [0.3, 0.4) is 0 Å². The lowest BCUT2D eigenvalue weighted by molar-refractivity contribution is -0.159. The van der Waals surface area contributed by atoms with Gasteiger partial charge >= 0.3 is 23.9 Å². The fourth-order valence-corrected chi connectivity index (χ4v) is 5.15. The van der Waals surface area contributed by atoms with E-state index in [2.05, 4.69) is 4.98 Å². The lowest BCUT2D eigenvalue weighted by Crippen LogP contribution is -2.48. The molecule has 0 bridgehead atoms. The van der Waals surface area contributed by atoms with E-state index in [0.29, 0.717) is 0 Å². The molecule has 0 fully saturated rings. The van der Waals surface area contributed by atoms with Crippen molar-refractivity contribution in [3.05, 3.63) is 40.9 Å². The van der Waals surface area contributed by atoms with Crippen molar-refractivity contribution in [1.82, 2.24) is 4.98 Å². The Morgan fingerprint density at radius 3 is 1.15 bits per heavy atom. The van der Waals surface area contributed by atoms with Crippen LogP contribution in [0.4, 0.5) is 11.6 Å². The Bertz CT molecular complexity index is 1560. The predicted molar refractivity (Wildman–Crippen MR) is 187 cm³/mol. The molecule has 15 heteroatoms. The van der Waals surface area contributed by atoms with E-state index >= 15 is 0 Å². The first-order chi connectivity index (χ1) is 23.7. The van der Waals surface area contributed by atoms with Crippen molar-refractivity contribution >= 4 is 47.3 Å². The van der Waals surface area contributed by atoms with E-state index < -0.39 is 92.8 Å². The molecular weight excluding hydrogens is 678 g/mol. The van der Waals surface area contributed by atoms with Crippen LogP contribution in [0.1, 0.15) is 96.9 Å². The zero-order chi connectivity index (χ0) is 39.7. The summed E-state index contributed by atoms with van der Waals surface area (Å²) < 4.78 is 33.8. The molecule has 0 aliphatic carbocycles. The highest BCUT2D eigenvalue weighted by molar-refractivity contribution is 6.21. The third-order valence-corrected chi connectivity index (χ3v) is 6.67. The van der Waals surface area contributed by atoms with Gasteiger partial charge in [0.1, 0.15) is 45.2 Å². The van der Waals surface area contributed by atoms with Gasteiger partial charge in [-0.25, -0.2) is 24.2 Å². The van der Waals surface area contributed by atoms with Crippen molar-refractivity contribution < 1.29 is 57.2 Å². The summed E-state index contributed by atoms with van der Waals surface area (Å²) in [5.74, 6) is -7.14. The zero-order valence-corrected chi connectivity index (χ0v) is 32.5. The molecule has 15 nitrogen and oxygen atoms in total. The number of hydrogen-bond donors (Lipinski definition) is 0. The van der Waals surface area contributed by atoms with Crippen molar-refractivity contribution in [2.45, 2.75) is 131 Å². The lowest BCUT2D eigenvalue weighted by Gasteiger charge is -2.30. The van der Waals surface area contributed by atoms with Crippen LogP contribution in [0.25, 0.3) is 0 Å². The molecule has 0 N–H and O–H groups in total. The van der Waals surface area contributed by atoms with Gasteiger partial charge < -0.3 is 28.4 Å². The highest BCUT2D eigenvalue weighted by Gasteiger charge is 2.54. The number of esters is 4. The van der Waals surface area contributed by atoms with Crippen LogP contribution in [-0.2, 0) is 57.2 Å². The molecule has 1 aromatic heterocycles. The molecule has 3 rings (SSSR count). The standard InChI is InChI=1S/C37H51N3O12/c1-15-47-26-22(30(43)49-34(3,4)5)24(32(45)51-36(9,10)11)39(28(26)41)20-18-17-19-21(38-20)40-25(33(46)52-37(12,13)14)23(27(29(40)42)48-16-2)31(44)50-35(6,7)8/h17-19,24-25H,15-16H2,1-14H3. The molecule has 0 spiro atoms.